The monoisotopic (exact) mass is 419 g/mol. The molecule has 1 fully saturated rings. The molecule has 0 bridgehead atoms. The van der Waals surface area contributed by atoms with E-state index < -0.39 is 22.2 Å². The molecular weight excluding hydrogens is 395 g/mol. The first-order chi connectivity index (χ1) is 14.2. The third kappa shape index (κ3) is 4.18. The van der Waals surface area contributed by atoms with E-state index in [1.54, 1.807) is 12.1 Å². The highest BCUT2D eigenvalue weighted by molar-refractivity contribution is 5.64. The van der Waals surface area contributed by atoms with E-state index in [9.17, 15) is 23.3 Å². The lowest BCUT2D eigenvalue weighted by Crippen LogP contribution is -2.59. The van der Waals surface area contributed by atoms with E-state index in [1.807, 2.05) is 19.0 Å². The summed E-state index contributed by atoms with van der Waals surface area (Å²) in [5, 5.41) is 11.3. The molecule has 1 heterocycles. The van der Waals surface area contributed by atoms with Gasteiger partial charge >= 0.3 is 0 Å². The van der Waals surface area contributed by atoms with Crippen LogP contribution in [0.2, 0.25) is 0 Å². The van der Waals surface area contributed by atoms with E-state index in [1.165, 1.54) is 18.2 Å². The lowest BCUT2D eigenvalue weighted by atomic mass is 9.84. The van der Waals surface area contributed by atoms with Crippen LogP contribution in [0.3, 0.4) is 0 Å². The molecule has 0 radical (unpaired) electrons. The van der Waals surface area contributed by atoms with Crippen LogP contribution in [-0.2, 0) is 6.42 Å². The van der Waals surface area contributed by atoms with Gasteiger partial charge in [-0.25, -0.2) is 13.2 Å². The van der Waals surface area contributed by atoms with Gasteiger partial charge in [0.1, 0.15) is 5.82 Å². The normalized spacial score (nSPS) is 21.3. The van der Waals surface area contributed by atoms with E-state index in [0.717, 1.165) is 24.1 Å². The summed E-state index contributed by atoms with van der Waals surface area (Å²) < 4.78 is 41.3. The summed E-state index contributed by atoms with van der Waals surface area (Å²) in [5.74, 6) is -2.65. The standard InChI is InChI=1S/C22H24F3N3O2/c1-4-22(12-15-5-7-16(23)8-6-15)14-26(2)17(13-27(22)3)11-18-20(28(29)30)10-9-19(24)21(18)25/h5-11H,4,12-14H2,1-3H3. The van der Waals surface area contributed by atoms with Gasteiger partial charge in [-0.05, 0) is 49.7 Å². The van der Waals surface area contributed by atoms with Crippen LogP contribution in [0.5, 0.6) is 0 Å². The van der Waals surface area contributed by atoms with Crippen molar-refractivity contribution in [3.8, 4) is 0 Å². The van der Waals surface area contributed by atoms with Gasteiger partial charge in [-0.15, -0.1) is 0 Å². The minimum absolute atomic E-state index is 0.254. The molecule has 0 N–H and O–H groups in total. The number of nitro groups is 1. The number of piperazine rings is 1. The molecular formula is C22H24F3N3O2. The second-order valence-electron chi connectivity index (χ2n) is 7.78. The largest absolute Gasteiger partial charge is 0.375 e. The van der Waals surface area contributed by atoms with Gasteiger partial charge in [-0.2, -0.15) is 0 Å². The molecule has 0 spiro atoms. The first-order valence-electron chi connectivity index (χ1n) is 9.66. The molecule has 1 aliphatic rings. The first-order valence-corrected chi connectivity index (χ1v) is 9.66. The Kier molecular flexibility index (Phi) is 6.17. The Labute approximate surface area is 173 Å². The molecule has 0 amide bonds. The third-order valence-electron chi connectivity index (χ3n) is 5.95. The van der Waals surface area contributed by atoms with Crippen molar-refractivity contribution in [3.05, 3.63) is 80.8 Å². The highest BCUT2D eigenvalue weighted by Crippen LogP contribution is 2.33. The van der Waals surface area contributed by atoms with E-state index in [4.69, 9.17) is 0 Å². The quantitative estimate of drug-likeness (QED) is 0.524. The zero-order valence-electron chi connectivity index (χ0n) is 17.2. The minimum atomic E-state index is -1.23. The van der Waals surface area contributed by atoms with Crippen molar-refractivity contribution in [2.75, 3.05) is 27.2 Å². The van der Waals surface area contributed by atoms with E-state index >= 15 is 0 Å². The molecule has 0 aromatic heterocycles. The van der Waals surface area contributed by atoms with E-state index in [2.05, 4.69) is 11.8 Å². The number of nitrogens with zero attached hydrogens (tertiary/aromatic N) is 3. The van der Waals surface area contributed by atoms with Crippen LogP contribution in [-0.4, -0.2) is 47.4 Å². The molecule has 8 heteroatoms. The van der Waals surface area contributed by atoms with Crippen molar-refractivity contribution >= 4 is 11.8 Å². The van der Waals surface area contributed by atoms with Gasteiger partial charge in [0.25, 0.3) is 5.69 Å². The molecule has 0 saturated carbocycles. The van der Waals surface area contributed by atoms with Crippen molar-refractivity contribution in [1.29, 1.82) is 0 Å². The summed E-state index contributed by atoms with van der Waals surface area (Å²) in [6, 6.07) is 8.12. The van der Waals surface area contributed by atoms with Crippen LogP contribution in [0.1, 0.15) is 24.5 Å². The molecule has 1 saturated heterocycles. The fraction of sp³-hybridized carbons (Fsp3) is 0.364. The molecule has 5 nitrogen and oxygen atoms in total. The number of hydrogen-bond donors (Lipinski definition) is 0. The molecule has 3 rings (SSSR count). The second-order valence-corrected chi connectivity index (χ2v) is 7.78. The van der Waals surface area contributed by atoms with E-state index in [0.29, 0.717) is 25.2 Å². The van der Waals surface area contributed by atoms with Crippen LogP contribution in [0.25, 0.3) is 6.08 Å². The Balaban J connectivity index is 1.93. The van der Waals surface area contributed by atoms with Gasteiger partial charge in [-0.3, -0.25) is 15.0 Å². The van der Waals surface area contributed by atoms with Crippen LogP contribution in [0, 0.1) is 27.6 Å². The summed E-state index contributed by atoms with van der Waals surface area (Å²) in [6.45, 7) is 3.05. The Morgan fingerprint density at radius 1 is 1.13 bits per heavy atom. The highest BCUT2D eigenvalue weighted by Gasteiger charge is 2.39. The number of benzene rings is 2. The first kappa shape index (κ1) is 21.8. The maximum absolute atomic E-state index is 14.4. The molecule has 160 valence electrons. The Morgan fingerprint density at radius 2 is 1.80 bits per heavy atom. The molecule has 1 aliphatic heterocycles. The van der Waals surface area contributed by atoms with Crippen molar-refractivity contribution in [1.82, 2.24) is 9.80 Å². The van der Waals surface area contributed by atoms with Gasteiger partial charge in [0.2, 0.25) is 0 Å². The zero-order chi connectivity index (χ0) is 22.1. The Hall–Kier alpha value is -2.87. The van der Waals surface area contributed by atoms with Crippen LogP contribution < -0.4 is 0 Å². The SMILES string of the molecule is CCC1(Cc2ccc(F)cc2)CN(C)C(=Cc2c([N+](=O)[O-])ccc(F)c2F)CN1C. The molecule has 2 aromatic rings. The van der Waals surface area contributed by atoms with Crippen molar-refractivity contribution in [2.45, 2.75) is 25.3 Å². The summed E-state index contributed by atoms with van der Waals surface area (Å²) in [4.78, 5) is 14.6. The number of hydrogen-bond acceptors (Lipinski definition) is 4. The minimum Gasteiger partial charge on any atom is -0.375 e. The van der Waals surface area contributed by atoms with Gasteiger partial charge in [0.05, 0.1) is 10.5 Å². The number of nitro benzene ring substituents is 1. The lowest BCUT2D eigenvalue weighted by molar-refractivity contribution is -0.385. The molecule has 2 aromatic carbocycles. The fourth-order valence-electron chi connectivity index (χ4n) is 4.05. The average Bonchev–Trinajstić information content (AvgIpc) is 2.70. The lowest BCUT2D eigenvalue weighted by Gasteiger charge is -2.50. The average molecular weight is 419 g/mol. The Bertz CT molecular complexity index is 978. The highest BCUT2D eigenvalue weighted by atomic mass is 19.2. The Morgan fingerprint density at radius 3 is 2.40 bits per heavy atom. The van der Waals surface area contributed by atoms with Crippen LogP contribution >= 0.6 is 0 Å². The summed E-state index contributed by atoms with van der Waals surface area (Å²) in [6.07, 6.45) is 2.85. The summed E-state index contributed by atoms with van der Waals surface area (Å²) >= 11 is 0. The summed E-state index contributed by atoms with van der Waals surface area (Å²) in [7, 11) is 3.77. The zero-order valence-corrected chi connectivity index (χ0v) is 17.2. The maximum atomic E-state index is 14.4. The van der Waals surface area contributed by atoms with Gasteiger partial charge < -0.3 is 4.90 Å². The van der Waals surface area contributed by atoms with Gasteiger partial charge in [0, 0.05) is 37.4 Å². The molecule has 1 unspecified atom stereocenters. The predicted octanol–water partition coefficient (Wildman–Crippen LogP) is 4.62. The van der Waals surface area contributed by atoms with Crippen LogP contribution in [0.15, 0.2) is 42.1 Å². The van der Waals surface area contributed by atoms with Crippen LogP contribution in [0.4, 0.5) is 18.9 Å². The van der Waals surface area contributed by atoms with Gasteiger partial charge in [-0.1, -0.05) is 19.1 Å². The van der Waals surface area contributed by atoms with E-state index in [-0.39, 0.29) is 16.9 Å². The maximum Gasteiger partial charge on any atom is 0.279 e. The third-order valence-corrected chi connectivity index (χ3v) is 5.95. The smallest absolute Gasteiger partial charge is 0.279 e. The predicted molar refractivity (Wildman–Crippen MR) is 109 cm³/mol. The summed E-state index contributed by atoms with van der Waals surface area (Å²) in [5.41, 5.74) is 0.552. The van der Waals surface area contributed by atoms with Crippen molar-refractivity contribution in [3.63, 3.8) is 0 Å². The number of likely N-dealkylation sites (N-methyl/N-ethyl adjacent to an activating group) is 2. The fourth-order valence-corrected chi connectivity index (χ4v) is 4.05. The molecule has 0 aliphatic carbocycles. The number of halogens is 3. The topological polar surface area (TPSA) is 49.6 Å². The second kappa shape index (κ2) is 8.47. The van der Waals surface area contributed by atoms with Gasteiger partial charge in [0.15, 0.2) is 11.6 Å². The number of rotatable bonds is 5. The van der Waals surface area contributed by atoms with Crippen molar-refractivity contribution < 1.29 is 18.1 Å². The van der Waals surface area contributed by atoms with Crippen molar-refractivity contribution in [2.24, 2.45) is 0 Å². The molecule has 30 heavy (non-hydrogen) atoms. The molecule has 1 atom stereocenters.